The number of alkyl halides is 3. The van der Waals surface area contributed by atoms with E-state index in [4.69, 9.17) is 11.6 Å². The quantitative estimate of drug-likeness (QED) is 0.806. The van der Waals surface area contributed by atoms with Crippen LogP contribution in [0.3, 0.4) is 0 Å². The fourth-order valence-electron chi connectivity index (χ4n) is 2.35. The summed E-state index contributed by atoms with van der Waals surface area (Å²) in [7, 11) is 0. The van der Waals surface area contributed by atoms with Crippen LogP contribution >= 0.6 is 11.6 Å². The zero-order chi connectivity index (χ0) is 14.2. The van der Waals surface area contributed by atoms with Crippen LogP contribution in [0.1, 0.15) is 32.3 Å². The standard InChI is InChI=1S/C14H17ClF3N/c1-8(2)9-5-11(6-9)19-13-4-3-10(7-12(13)15)14(16,17)18/h3-4,7-9,11,19H,5-6H2,1-2H3. The Morgan fingerprint density at radius 2 is 1.89 bits per heavy atom. The highest BCUT2D eigenvalue weighted by Crippen LogP contribution is 2.38. The van der Waals surface area contributed by atoms with E-state index in [-0.39, 0.29) is 5.02 Å². The normalized spacial score (nSPS) is 23.3. The Labute approximate surface area is 116 Å². The first-order valence-corrected chi connectivity index (χ1v) is 6.78. The molecule has 0 unspecified atom stereocenters. The third kappa shape index (κ3) is 3.35. The molecule has 5 heteroatoms. The second kappa shape index (κ2) is 5.23. The highest BCUT2D eigenvalue weighted by molar-refractivity contribution is 6.33. The van der Waals surface area contributed by atoms with Gasteiger partial charge in [-0.15, -0.1) is 0 Å². The summed E-state index contributed by atoms with van der Waals surface area (Å²) in [6, 6.07) is 3.77. The summed E-state index contributed by atoms with van der Waals surface area (Å²) in [5, 5.41) is 3.34. The first kappa shape index (κ1) is 14.5. The lowest BCUT2D eigenvalue weighted by atomic mass is 9.73. The Hall–Kier alpha value is -0.900. The molecule has 106 valence electrons. The molecule has 0 amide bonds. The number of hydrogen-bond donors (Lipinski definition) is 1. The van der Waals surface area contributed by atoms with Crippen LogP contribution in [0.15, 0.2) is 18.2 Å². The van der Waals surface area contributed by atoms with Crippen LogP contribution in [-0.4, -0.2) is 6.04 Å². The van der Waals surface area contributed by atoms with Gasteiger partial charge in [0.05, 0.1) is 16.3 Å². The summed E-state index contributed by atoms with van der Waals surface area (Å²) in [5.41, 5.74) is -0.126. The third-order valence-electron chi connectivity index (χ3n) is 3.77. The Balaban J connectivity index is 1.99. The highest BCUT2D eigenvalue weighted by Gasteiger charge is 2.33. The number of hydrogen-bond acceptors (Lipinski definition) is 1. The zero-order valence-corrected chi connectivity index (χ0v) is 11.6. The number of nitrogens with one attached hydrogen (secondary N) is 1. The summed E-state index contributed by atoms with van der Waals surface area (Å²) in [6.07, 6.45) is -2.24. The predicted octanol–water partition coefficient (Wildman–Crippen LogP) is 5.21. The maximum Gasteiger partial charge on any atom is 0.416 e. The Kier molecular flexibility index (Phi) is 4.00. The molecular formula is C14H17ClF3N. The molecule has 1 N–H and O–H groups in total. The molecule has 0 aromatic heterocycles. The molecule has 0 bridgehead atoms. The Morgan fingerprint density at radius 1 is 1.26 bits per heavy atom. The van der Waals surface area contributed by atoms with Gasteiger partial charge in [-0.2, -0.15) is 13.2 Å². The van der Waals surface area contributed by atoms with Crippen LogP contribution in [-0.2, 0) is 6.18 Å². The van der Waals surface area contributed by atoms with Crippen LogP contribution in [0.25, 0.3) is 0 Å². The molecule has 2 rings (SSSR count). The average Bonchev–Trinajstić information content (AvgIpc) is 2.22. The Morgan fingerprint density at radius 3 is 2.37 bits per heavy atom. The minimum atomic E-state index is -4.35. The molecular weight excluding hydrogens is 275 g/mol. The lowest BCUT2D eigenvalue weighted by molar-refractivity contribution is -0.137. The summed E-state index contributed by atoms with van der Waals surface area (Å²) in [4.78, 5) is 0. The number of benzene rings is 1. The van der Waals surface area contributed by atoms with E-state index in [2.05, 4.69) is 19.2 Å². The lowest BCUT2D eigenvalue weighted by Gasteiger charge is -2.39. The highest BCUT2D eigenvalue weighted by atomic mass is 35.5. The van der Waals surface area contributed by atoms with Crippen molar-refractivity contribution < 1.29 is 13.2 Å². The van der Waals surface area contributed by atoms with Gasteiger partial charge in [0, 0.05) is 6.04 Å². The molecule has 0 spiro atoms. The van der Waals surface area contributed by atoms with E-state index in [0.29, 0.717) is 23.6 Å². The lowest BCUT2D eigenvalue weighted by Crippen LogP contribution is -2.37. The topological polar surface area (TPSA) is 12.0 Å². The van der Waals surface area contributed by atoms with Gasteiger partial charge in [-0.25, -0.2) is 0 Å². The van der Waals surface area contributed by atoms with Crippen molar-refractivity contribution in [1.29, 1.82) is 0 Å². The fourth-order valence-corrected chi connectivity index (χ4v) is 2.59. The second-order valence-corrected chi connectivity index (χ2v) is 5.92. The van der Waals surface area contributed by atoms with Crippen molar-refractivity contribution >= 4 is 17.3 Å². The van der Waals surface area contributed by atoms with Crippen LogP contribution in [0, 0.1) is 11.8 Å². The number of rotatable bonds is 3. The van der Waals surface area contributed by atoms with E-state index < -0.39 is 11.7 Å². The fraction of sp³-hybridized carbons (Fsp3) is 0.571. The van der Waals surface area contributed by atoms with Crippen molar-refractivity contribution in [2.75, 3.05) is 5.32 Å². The summed E-state index contributed by atoms with van der Waals surface area (Å²) in [5.74, 6) is 1.35. The molecule has 1 aromatic rings. The van der Waals surface area contributed by atoms with Gasteiger partial charge >= 0.3 is 6.18 Å². The van der Waals surface area contributed by atoms with Crippen LogP contribution in [0.4, 0.5) is 18.9 Å². The van der Waals surface area contributed by atoms with Crippen molar-refractivity contribution in [3.8, 4) is 0 Å². The molecule has 0 radical (unpaired) electrons. The van der Waals surface area contributed by atoms with Gasteiger partial charge in [-0.3, -0.25) is 0 Å². The van der Waals surface area contributed by atoms with Gasteiger partial charge < -0.3 is 5.32 Å². The molecule has 0 saturated heterocycles. The molecule has 0 aliphatic heterocycles. The van der Waals surface area contributed by atoms with Crippen molar-refractivity contribution in [3.63, 3.8) is 0 Å². The van der Waals surface area contributed by atoms with E-state index in [0.717, 1.165) is 25.0 Å². The molecule has 1 fully saturated rings. The van der Waals surface area contributed by atoms with Crippen LogP contribution in [0.2, 0.25) is 5.02 Å². The molecule has 1 aliphatic carbocycles. The molecule has 1 aromatic carbocycles. The van der Waals surface area contributed by atoms with E-state index in [9.17, 15) is 13.2 Å². The maximum absolute atomic E-state index is 12.5. The Bertz CT molecular complexity index is 450. The minimum absolute atomic E-state index is 0.128. The molecule has 1 saturated carbocycles. The summed E-state index contributed by atoms with van der Waals surface area (Å²) in [6.45, 7) is 4.37. The smallest absolute Gasteiger partial charge is 0.381 e. The van der Waals surface area contributed by atoms with Gasteiger partial charge in [-0.1, -0.05) is 25.4 Å². The van der Waals surface area contributed by atoms with Gasteiger partial charge in [0.2, 0.25) is 0 Å². The maximum atomic E-state index is 12.5. The molecule has 0 atom stereocenters. The number of halogens is 4. The van der Waals surface area contributed by atoms with Crippen molar-refractivity contribution in [3.05, 3.63) is 28.8 Å². The van der Waals surface area contributed by atoms with Gasteiger partial charge in [-0.05, 0) is 42.9 Å². The van der Waals surface area contributed by atoms with Gasteiger partial charge in [0.1, 0.15) is 0 Å². The zero-order valence-electron chi connectivity index (χ0n) is 10.9. The second-order valence-electron chi connectivity index (χ2n) is 5.51. The van der Waals surface area contributed by atoms with E-state index in [1.165, 1.54) is 6.07 Å². The average molecular weight is 292 g/mol. The predicted molar refractivity (Wildman–Crippen MR) is 71.4 cm³/mol. The van der Waals surface area contributed by atoms with Crippen LogP contribution in [0.5, 0.6) is 0 Å². The van der Waals surface area contributed by atoms with Crippen molar-refractivity contribution in [2.24, 2.45) is 11.8 Å². The van der Waals surface area contributed by atoms with Gasteiger partial charge in [0.25, 0.3) is 0 Å². The van der Waals surface area contributed by atoms with E-state index in [1.54, 1.807) is 0 Å². The first-order valence-electron chi connectivity index (χ1n) is 6.40. The molecule has 1 aliphatic rings. The SMILES string of the molecule is CC(C)C1CC(Nc2ccc(C(F)(F)F)cc2Cl)C1. The third-order valence-corrected chi connectivity index (χ3v) is 4.09. The monoisotopic (exact) mass is 291 g/mol. The van der Waals surface area contributed by atoms with Crippen molar-refractivity contribution in [2.45, 2.75) is 38.9 Å². The number of anilines is 1. The molecule has 1 nitrogen and oxygen atoms in total. The molecule has 19 heavy (non-hydrogen) atoms. The largest absolute Gasteiger partial charge is 0.416 e. The summed E-state index contributed by atoms with van der Waals surface area (Å²) >= 11 is 5.90. The van der Waals surface area contributed by atoms with Gasteiger partial charge in [0.15, 0.2) is 0 Å². The first-order chi connectivity index (χ1) is 8.77. The van der Waals surface area contributed by atoms with E-state index >= 15 is 0 Å². The van der Waals surface area contributed by atoms with Crippen LogP contribution < -0.4 is 5.32 Å². The minimum Gasteiger partial charge on any atom is -0.381 e. The summed E-state index contributed by atoms with van der Waals surface area (Å²) < 4.78 is 37.5. The van der Waals surface area contributed by atoms with Crippen molar-refractivity contribution in [1.82, 2.24) is 0 Å². The molecule has 0 heterocycles. The van der Waals surface area contributed by atoms with E-state index in [1.807, 2.05) is 0 Å².